The molecule has 16 heavy (non-hydrogen) atoms. The van der Waals surface area contributed by atoms with Crippen LogP contribution >= 0.6 is 24.4 Å². The van der Waals surface area contributed by atoms with Gasteiger partial charge in [0, 0.05) is 0 Å². The van der Waals surface area contributed by atoms with E-state index in [4.69, 9.17) is 11.5 Å². The molecule has 0 aromatic carbocycles. The van der Waals surface area contributed by atoms with Crippen molar-refractivity contribution < 1.29 is 56.9 Å². The van der Waals surface area contributed by atoms with Gasteiger partial charge >= 0.3 is 29.6 Å². The van der Waals surface area contributed by atoms with Crippen molar-refractivity contribution in [1.29, 1.82) is 0 Å². The molecule has 7 nitrogen and oxygen atoms in total. The molecule has 0 radical (unpaired) electrons. The summed E-state index contributed by atoms with van der Waals surface area (Å²) in [6.07, 6.45) is 0. The van der Waals surface area contributed by atoms with Gasteiger partial charge in [-0.1, -0.05) is 0 Å². The first-order chi connectivity index (χ1) is 5.54. The maximum absolute atomic E-state index is 4.91. The van der Waals surface area contributed by atoms with Crippen molar-refractivity contribution >= 4 is 34.8 Å². The van der Waals surface area contributed by atoms with Gasteiger partial charge in [0.15, 0.2) is 0 Å². The standard InChI is InChI=1S/2C3H7NOS.Na.3H2O.H/c2*1-2-5-3(4)6;;;;;/h2*2H2,1H3,(H2,4,6);;3*1H2;/q;;+1;;;;-1. The SMILES string of the molecule is CCOC(N)=S.CCOC(N)=S.O.O.O.[H-].[Na+]. The molecule has 98 valence electrons. The van der Waals surface area contributed by atoms with Crippen molar-refractivity contribution in [2.24, 2.45) is 11.5 Å². The Morgan fingerprint density at radius 1 is 0.938 bits per heavy atom. The van der Waals surface area contributed by atoms with Gasteiger partial charge in [-0.05, 0) is 38.3 Å². The van der Waals surface area contributed by atoms with Crippen molar-refractivity contribution in [3.63, 3.8) is 0 Å². The normalized spacial score (nSPS) is 5.62. The number of nitrogens with two attached hydrogens (primary N) is 2. The largest absolute Gasteiger partial charge is 1.00 e. The molecular weight excluding hydrogens is 267 g/mol. The van der Waals surface area contributed by atoms with Crippen molar-refractivity contribution in [2.45, 2.75) is 13.8 Å². The molecule has 0 aromatic rings. The Morgan fingerprint density at radius 3 is 1.12 bits per heavy atom. The Hall–Kier alpha value is 0.260. The van der Waals surface area contributed by atoms with Crippen LogP contribution in [0.15, 0.2) is 0 Å². The monoisotopic (exact) mass is 288 g/mol. The summed E-state index contributed by atoms with van der Waals surface area (Å²) >= 11 is 8.70. The van der Waals surface area contributed by atoms with Crippen LogP contribution in [-0.2, 0) is 9.47 Å². The summed E-state index contributed by atoms with van der Waals surface area (Å²) < 4.78 is 9.10. The van der Waals surface area contributed by atoms with Crippen LogP contribution < -0.4 is 41.0 Å². The molecule has 0 heterocycles. The third kappa shape index (κ3) is 64.0. The third-order valence-electron chi connectivity index (χ3n) is 0.573. The predicted octanol–water partition coefficient (Wildman–Crippen LogP) is -4.82. The molecule has 0 spiro atoms. The fourth-order valence-electron chi connectivity index (χ4n) is 0.285. The third-order valence-corrected chi connectivity index (χ3v) is 0.809. The van der Waals surface area contributed by atoms with Gasteiger partial charge in [-0.25, -0.2) is 0 Å². The van der Waals surface area contributed by atoms with Crippen molar-refractivity contribution in [3.05, 3.63) is 0 Å². The van der Waals surface area contributed by atoms with Gasteiger partial charge in [0.1, 0.15) is 0 Å². The van der Waals surface area contributed by atoms with Gasteiger partial charge < -0.3 is 38.8 Å². The molecule has 0 atom stereocenters. The summed E-state index contributed by atoms with van der Waals surface area (Å²) in [5.41, 5.74) is 9.82. The van der Waals surface area contributed by atoms with E-state index in [0.29, 0.717) is 13.2 Å². The molecule has 0 rings (SSSR count). The van der Waals surface area contributed by atoms with Crippen LogP contribution in [0, 0.1) is 0 Å². The minimum absolute atomic E-state index is 0. The Labute approximate surface area is 130 Å². The van der Waals surface area contributed by atoms with Crippen LogP contribution in [0.1, 0.15) is 15.3 Å². The minimum Gasteiger partial charge on any atom is -1.00 e. The first kappa shape index (κ1) is 36.0. The second kappa shape index (κ2) is 29.5. The van der Waals surface area contributed by atoms with Crippen molar-refractivity contribution in [1.82, 2.24) is 0 Å². The van der Waals surface area contributed by atoms with Crippen LogP contribution in [0.3, 0.4) is 0 Å². The van der Waals surface area contributed by atoms with E-state index in [1.807, 2.05) is 13.8 Å². The van der Waals surface area contributed by atoms with Crippen LogP contribution in [0.25, 0.3) is 0 Å². The van der Waals surface area contributed by atoms with Crippen LogP contribution in [0.4, 0.5) is 0 Å². The maximum Gasteiger partial charge on any atom is 1.00 e. The predicted molar refractivity (Wildman–Crippen MR) is 68.8 cm³/mol. The quantitative estimate of drug-likeness (QED) is 0.382. The molecule has 0 fully saturated rings. The molecule has 0 aliphatic carbocycles. The van der Waals surface area contributed by atoms with Gasteiger partial charge in [-0.2, -0.15) is 0 Å². The van der Waals surface area contributed by atoms with Gasteiger partial charge in [0.05, 0.1) is 13.2 Å². The maximum atomic E-state index is 4.91. The van der Waals surface area contributed by atoms with Crippen molar-refractivity contribution in [2.75, 3.05) is 13.2 Å². The molecule has 0 bridgehead atoms. The number of hydrogen-bond acceptors (Lipinski definition) is 4. The van der Waals surface area contributed by atoms with Gasteiger partial charge in [-0.15, -0.1) is 0 Å². The molecule has 10 heteroatoms. The molecule has 0 aliphatic heterocycles. The topological polar surface area (TPSA) is 165 Å². The van der Waals surface area contributed by atoms with E-state index in [0.717, 1.165) is 0 Å². The van der Waals surface area contributed by atoms with E-state index >= 15 is 0 Å². The molecule has 0 aliphatic rings. The zero-order valence-electron chi connectivity index (χ0n) is 10.7. The molecule has 0 saturated carbocycles. The molecule has 0 aromatic heterocycles. The molecular formula is C6H21N2NaO5S2. The summed E-state index contributed by atoms with van der Waals surface area (Å²) in [6.45, 7) is 4.79. The van der Waals surface area contributed by atoms with E-state index in [9.17, 15) is 0 Å². The Bertz CT molecular complexity index is 142. The summed E-state index contributed by atoms with van der Waals surface area (Å²) in [5.74, 6) is 0. The van der Waals surface area contributed by atoms with Crippen LogP contribution in [-0.4, -0.2) is 40.0 Å². The first-order valence-corrected chi connectivity index (χ1v) is 4.20. The average molecular weight is 288 g/mol. The smallest absolute Gasteiger partial charge is 1.00 e. The van der Waals surface area contributed by atoms with Crippen molar-refractivity contribution in [3.8, 4) is 0 Å². The zero-order chi connectivity index (χ0) is 9.98. The van der Waals surface area contributed by atoms with E-state index in [-0.39, 0.29) is 57.8 Å². The molecule has 0 unspecified atom stereocenters. The van der Waals surface area contributed by atoms with Crippen LogP contribution in [0.5, 0.6) is 0 Å². The fourth-order valence-corrected chi connectivity index (χ4v) is 0.520. The number of ether oxygens (including phenoxy) is 2. The summed E-state index contributed by atoms with van der Waals surface area (Å²) in [6, 6.07) is 0. The Balaban J connectivity index is -0.0000000182. The molecule has 10 N–H and O–H groups in total. The summed E-state index contributed by atoms with van der Waals surface area (Å²) in [4.78, 5) is 0. The van der Waals surface area contributed by atoms with E-state index in [1.54, 1.807) is 0 Å². The summed E-state index contributed by atoms with van der Waals surface area (Å²) in [7, 11) is 0. The van der Waals surface area contributed by atoms with Gasteiger partial charge in [-0.3, -0.25) is 0 Å². The van der Waals surface area contributed by atoms with Gasteiger partial charge in [0.25, 0.3) is 10.3 Å². The number of rotatable bonds is 2. The van der Waals surface area contributed by atoms with E-state index < -0.39 is 0 Å². The second-order valence-corrected chi connectivity index (χ2v) is 2.31. The minimum atomic E-state index is 0. The fraction of sp³-hybridized carbons (Fsp3) is 0.667. The second-order valence-electron chi connectivity index (χ2n) is 1.50. The molecule has 0 saturated heterocycles. The zero-order valence-corrected chi connectivity index (χ0v) is 13.3. The number of thiocarbonyl (C=S) groups is 2. The first-order valence-electron chi connectivity index (χ1n) is 3.39. The Morgan fingerprint density at radius 2 is 1.12 bits per heavy atom. The molecule has 0 amide bonds. The van der Waals surface area contributed by atoms with Crippen LogP contribution in [0.2, 0.25) is 0 Å². The van der Waals surface area contributed by atoms with E-state index in [1.165, 1.54) is 0 Å². The van der Waals surface area contributed by atoms with E-state index in [2.05, 4.69) is 33.9 Å². The summed E-state index contributed by atoms with van der Waals surface area (Å²) in [5, 5.41) is 0.245. The number of hydrogen-bond donors (Lipinski definition) is 2. The van der Waals surface area contributed by atoms with Gasteiger partial charge in [0.2, 0.25) is 0 Å². The Kier molecular flexibility index (Phi) is 66.3. The average Bonchev–Trinajstić information content (AvgIpc) is 1.87.